The highest BCUT2D eigenvalue weighted by atomic mass is 16.2. The summed E-state index contributed by atoms with van der Waals surface area (Å²) in [5.74, 6) is -0.241. The van der Waals surface area contributed by atoms with Gasteiger partial charge in [-0.3, -0.25) is 19.1 Å². The Hall–Kier alpha value is -3.16. The van der Waals surface area contributed by atoms with Crippen molar-refractivity contribution in [1.82, 2.24) is 23.8 Å². The van der Waals surface area contributed by atoms with Gasteiger partial charge in [-0.05, 0) is 19.1 Å². The third-order valence-corrected chi connectivity index (χ3v) is 3.81. The van der Waals surface area contributed by atoms with Gasteiger partial charge < -0.3 is 9.30 Å². The van der Waals surface area contributed by atoms with Crippen LogP contribution in [0.15, 0.2) is 46.4 Å². The van der Waals surface area contributed by atoms with Crippen LogP contribution in [0.1, 0.15) is 11.3 Å². The average molecular weight is 327 g/mol. The zero-order valence-electron chi connectivity index (χ0n) is 13.4. The van der Waals surface area contributed by atoms with Crippen LogP contribution in [0.5, 0.6) is 0 Å². The molecule has 24 heavy (non-hydrogen) atoms. The SMILES string of the molecule is Cc1cn(CC(=O)N(C)Cc2cnc3ccccn23)c(=O)[nH]c1=O. The van der Waals surface area contributed by atoms with Gasteiger partial charge in [-0.2, -0.15) is 0 Å². The molecular formula is C16H17N5O3. The number of rotatable bonds is 4. The third-order valence-electron chi connectivity index (χ3n) is 3.81. The van der Waals surface area contributed by atoms with E-state index in [2.05, 4.69) is 9.97 Å². The lowest BCUT2D eigenvalue weighted by molar-refractivity contribution is -0.131. The number of carbonyl (C=O) groups is 1. The van der Waals surface area contributed by atoms with Gasteiger partial charge in [-0.15, -0.1) is 0 Å². The highest BCUT2D eigenvalue weighted by Crippen LogP contribution is 2.08. The number of amides is 1. The first-order chi connectivity index (χ1) is 11.5. The number of nitrogens with zero attached hydrogens (tertiary/aromatic N) is 4. The maximum Gasteiger partial charge on any atom is 0.328 e. The molecule has 0 aromatic carbocycles. The Morgan fingerprint density at radius 3 is 2.92 bits per heavy atom. The minimum Gasteiger partial charge on any atom is -0.338 e. The van der Waals surface area contributed by atoms with Crippen LogP contribution in [0.3, 0.4) is 0 Å². The highest BCUT2D eigenvalue weighted by Gasteiger charge is 2.14. The van der Waals surface area contributed by atoms with Crippen LogP contribution in [0.2, 0.25) is 0 Å². The molecule has 124 valence electrons. The normalized spacial score (nSPS) is 10.9. The fourth-order valence-corrected chi connectivity index (χ4v) is 2.44. The van der Waals surface area contributed by atoms with Gasteiger partial charge in [0.25, 0.3) is 5.56 Å². The Labute approximate surface area is 137 Å². The Morgan fingerprint density at radius 1 is 1.33 bits per heavy atom. The van der Waals surface area contributed by atoms with Gasteiger partial charge in [0.05, 0.1) is 18.4 Å². The molecule has 3 heterocycles. The van der Waals surface area contributed by atoms with E-state index in [4.69, 9.17) is 0 Å². The number of H-pyrrole nitrogens is 1. The van der Waals surface area contributed by atoms with Gasteiger partial charge in [0.1, 0.15) is 12.2 Å². The van der Waals surface area contributed by atoms with Gasteiger partial charge >= 0.3 is 5.69 Å². The lowest BCUT2D eigenvalue weighted by Gasteiger charge is -2.17. The molecule has 3 aromatic heterocycles. The molecule has 0 saturated heterocycles. The maximum atomic E-state index is 12.4. The number of aryl methyl sites for hydroxylation is 1. The standard InChI is InChI=1S/C16H17N5O3/c1-11-8-20(16(24)18-15(11)23)10-14(22)19(2)9-12-7-17-13-5-3-4-6-21(12)13/h3-8H,9-10H2,1-2H3,(H,18,23,24). The smallest absolute Gasteiger partial charge is 0.328 e. The summed E-state index contributed by atoms with van der Waals surface area (Å²) in [5.41, 5.74) is 1.02. The van der Waals surface area contributed by atoms with Crippen molar-refractivity contribution in [3.63, 3.8) is 0 Å². The zero-order valence-corrected chi connectivity index (χ0v) is 13.4. The number of pyridine rings is 1. The Balaban J connectivity index is 1.77. The average Bonchev–Trinajstić information content (AvgIpc) is 2.95. The fraction of sp³-hybridized carbons (Fsp3) is 0.250. The topological polar surface area (TPSA) is 92.5 Å². The van der Waals surface area contributed by atoms with Crippen molar-refractivity contribution < 1.29 is 4.79 Å². The predicted octanol–water partition coefficient (Wildman–Crippen LogP) is 0.151. The molecule has 0 bridgehead atoms. The van der Waals surface area contributed by atoms with E-state index < -0.39 is 11.2 Å². The minimum atomic E-state index is -0.595. The lowest BCUT2D eigenvalue weighted by Crippen LogP contribution is -2.37. The quantitative estimate of drug-likeness (QED) is 0.738. The number of likely N-dealkylation sites (N-methyl/N-ethyl adjacent to an activating group) is 1. The molecule has 0 atom stereocenters. The number of fused-ring (bicyclic) bond motifs is 1. The summed E-state index contributed by atoms with van der Waals surface area (Å²) in [6.07, 6.45) is 4.99. The number of aromatic amines is 1. The second-order valence-electron chi connectivity index (χ2n) is 5.63. The number of aromatic nitrogens is 4. The molecule has 0 aliphatic rings. The van der Waals surface area contributed by atoms with E-state index in [0.717, 1.165) is 11.3 Å². The minimum absolute atomic E-state index is 0.135. The highest BCUT2D eigenvalue weighted by molar-refractivity contribution is 5.75. The summed E-state index contributed by atoms with van der Waals surface area (Å²) in [4.78, 5) is 43.5. The number of hydrogen-bond donors (Lipinski definition) is 1. The molecule has 0 radical (unpaired) electrons. The van der Waals surface area contributed by atoms with Crippen molar-refractivity contribution >= 4 is 11.6 Å². The van der Waals surface area contributed by atoms with E-state index in [0.29, 0.717) is 12.1 Å². The van der Waals surface area contributed by atoms with Crippen molar-refractivity contribution in [2.75, 3.05) is 7.05 Å². The number of carbonyl (C=O) groups excluding carboxylic acids is 1. The van der Waals surface area contributed by atoms with Gasteiger partial charge in [-0.25, -0.2) is 9.78 Å². The molecule has 0 aliphatic carbocycles. The molecule has 3 rings (SSSR count). The first kappa shape index (κ1) is 15.7. The third kappa shape index (κ3) is 2.98. The second-order valence-corrected chi connectivity index (χ2v) is 5.63. The second kappa shape index (κ2) is 6.15. The van der Waals surface area contributed by atoms with Crippen LogP contribution in [0, 0.1) is 6.92 Å². The van der Waals surface area contributed by atoms with Crippen molar-refractivity contribution in [3.05, 3.63) is 68.9 Å². The van der Waals surface area contributed by atoms with E-state index in [1.54, 1.807) is 20.2 Å². The lowest BCUT2D eigenvalue weighted by atomic mass is 10.3. The van der Waals surface area contributed by atoms with E-state index in [9.17, 15) is 14.4 Å². The van der Waals surface area contributed by atoms with Gasteiger partial charge in [0, 0.05) is 25.0 Å². The molecule has 8 heteroatoms. The largest absolute Gasteiger partial charge is 0.338 e. The summed E-state index contributed by atoms with van der Waals surface area (Å²) in [6.45, 7) is 1.81. The van der Waals surface area contributed by atoms with Gasteiger partial charge in [0.2, 0.25) is 5.91 Å². The Kier molecular flexibility index (Phi) is 4.03. The van der Waals surface area contributed by atoms with Crippen LogP contribution in [-0.2, 0) is 17.9 Å². The van der Waals surface area contributed by atoms with Crippen LogP contribution < -0.4 is 11.2 Å². The molecule has 0 saturated carbocycles. The molecule has 0 fully saturated rings. The Bertz CT molecular complexity index is 1010. The summed E-state index contributed by atoms with van der Waals surface area (Å²) in [7, 11) is 1.66. The maximum absolute atomic E-state index is 12.4. The van der Waals surface area contributed by atoms with Crippen LogP contribution in [0.25, 0.3) is 5.65 Å². The van der Waals surface area contributed by atoms with Crippen molar-refractivity contribution in [3.8, 4) is 0 Å². The number of imidazole rings is 1. The summed E-state index contributed by atoms with van der Waals surface area (Å²) < 4.78 is 3.10. The van der Waals surface area contributed by atoms with E-state index in [1.165, 1.54) is 15.7 Å². The van der Waals surface area contributed by atoms with Crippen molar-refractivity contribution in [1.29, 1.82) is 0 Å². The molecule has 1 N–H and O–H groups in total. The predicted molar refractivity (Wildman–Crippen MR) is 87.7 cm³/mol. The van der Waals surface area contributed by atoms with E-state index >= 15 is 0 Å². The van der Waals surface area contributed by atoms with Crippen molar-refractivity contribution in [2.24, 2.45) is 0 Å². The molecule has 3 aromatic rings. The van der Waals surface area contributed by atoms with Gasteiger partial charge in [0.15, 0.2) is 0 Å². The van der Waals surface area contributed by atoms with Crippen LogP contribution >= 0.6 is 0 Å². The Morgan fingerprint density at radius 2 is 2.12 bits per heavy atom. The van der Waals surface area contributed by atoms with Crippen molar-refractivity contribution in [2.45, 2.75) is 20.0 Å². The number of hydrogen-bond acceptors (Lipinski definition) is 4. The van der Waals surface area contributed by atoms with Crippen LogP contribution in [-0.4, -0.2) is 36.8 Å². The molecule has 0 spiro atoms. The zero-order chi connectivity index (χ0) is 17.3. The summed E-state index contributed by atoms with van der Waals surface area (Å²) >= 11 is 0. The fourth-order valence-electron chi connectivity index (χ4n) is 2.44. The first-order valence-electron chi connectivity index (χ1n) is 7.41. The van der Waals surface area contributed by atoms with E-state index in [-0.39, 0.29) is 12.5 Å². The summed E-state index contributed by atoms with van der Waals surface area (Å²) in [5, 5.41) is 0. The summed E-state index contributed by atoms with van der Waals surface area (Å²) in [6, 6.07) is 5.67. The molecule has 8 nitrogen and oxygen atoms in total. The first-order valence-corrected chi connectivity index (χ1v) is 7.41. The van der Waals surface area contributed by atoms with E-state index in [1.807, 2.05) is 28.8 Å². The number of nitrogens with one attached hydrogen (secondary N) is 1. The van der Waals surface area contributed by atoms with Gasteiger partial charge in [-0.1, -0.05) is 6.07 Å². The molecule has 1 amide bonds. The molecule has 0 aliphatic heterocycles. The molecular weight excluding hydrogens is 310 g/mol. The monoisotopic (exact) mass is 327 g/mol. The molecule has 0 unspecified atom stereocenters. The van der Waals surface area contributed by atoms with Crippen LogP contribution in [0.4, 0.5) is 0 Å².